The molecule has 1 aromatic rings. The number of carbonyl (C=O) groups is 1. The molecule has 0 saturated heterocycles. The Labute approximate surface area is 118 Å². The van der Waals surface area contributed by atoms with Gasteiger partial charge in [-0.3, -0.25) is 14.9 Å². The van der Waals surface area contributed by atoms with Crippen molar-refractivity contribution in [3.05, 3.63) is 27.8 Å². The smallest absolute Gasteiger partial charge is 0.292 e. The summed E-state index contributed by atoms with van der Waals surface area (Å²) >= 11 is 0. The number of carbonyl (C=O) groups excluding carboxylic acids is 1. The summed E-state index contributed by atoms with van der Waals surface area (Å²) in [6.45, 7) is -2.31. The van der Waals surface area contributed by atoms with E-state index >= 15 is 0 Å². The van der Waals surface area contributed by atoms with E-state index in [1.54, 1.807) is 0 Å². The highest BCUT2D eigenvalue weighted by molar-refractivity contribution is 5.95. The van der Waals surface area contributed by atoms with Crippen LogP contribution in [-0.4, -0.2) is 35.0 Å². The Morgan fingerprint density at radius 3 is 2.76 bits per heavy atom. The van der Waals surface area contributed by atoms with Crippen molar-refractivity contribution in [1.29, 1.82) is 0 Å². The molecule has 1 aliphatic heterocycles. The Kier molecular flexibility index (Phi) is 4.03. The zero-order chi connectivity index (χ0) is 15.6. The molecule has 0 radical (unpaired) electrons. The molecule has 0 saturated carbocycles. The molecular weight excluding hydrogens is 288 g/mol. The van der Waals surface area contributed by atoms with Crippen LogP contribution in [0.1, 0.15) is 12.0 Å². The number of hydrogen-bond acceptors (Lipinski definition) is 5. The maximum Gasteiger partial charge on any atom is 0.292 e. The predicted octanol–water partition coefficient (Wildman–Crippen LogP) is 1.52. The van der Waals surface area contributed by atoms with Crippen LogP contribution in [0.3, 0.4) is 0 Å². The molecule has 21 heavy (non-hydrogen) atoms. The van der Waals surface area contributed by atoms with Gasteiger partial charge in [-0.15, -0.1) is 0 Å². The topological polar surface area (TPSA) is 104 Å². The van der Waals surface area contributed by atoms with E-state index in [4.69, 9.17) is 5.11 Å². The number of benzene rings is 1. The lowest BCUT2D eigenvalue weighted by Crippen LogP contribution is -2.31. The van der Waals surface area contributed by atoms with Crippen molar-refractivity contribution in [1.82, 2.24) is 0 Å². The number of alkyl halides is 2. The van der Waals surface area contributed by atoms with Crippen molar-refractivity contribution in [2.75, 3.05) is 23.8 Å². The van der Waals surface area contributed by atoms with Crippen LogP contribution >= 0.6 is 0 Å². The van der Waals surface area contributed by atoms with Crippen molar-refractivity contribution in [2.24, 2.45) is 0 Å². The SMILES string of the molecule is O=C1CCc2cc([N+](=O)[O-])c(NCC(F)(F)CO)cc2N1. The summed E-state index contributed by atoms with van der Waals surface area (Å²) in [6.07, 6.45) is 0.578. The van der Waals surface area contributed by atoms with Crippen LogP contribution in [0.4, 0.5) is 25.8 Å². The number of fused-ring (bicyclic) bond motifs is 1. The maximum atomic E-state index is 13.0. The molecule has 0 bridgehead atoms. The van der Waals surface area contributed by atoms with Gasteiger partial charge in [0.05, 0.1) is 11.5 Å². The molecule has 0 aliphatic carbocycles. The highest BCUT2D eigenvalue weighted by Crippen LogP contribution is 2.34. The van der Waals surface area contributed by atoms with Crippen LogP contribution in [0.25, 0.3) is 0 Å². The van der Waals surface area contributed by atoms with Crippen LogP contribution in [0, 0.1) is 10.1 Å². The van der Waals surface area contributed by atoms with Crippen LogP contribution in [0.5, 0.6) is 0 Å². The average Bonchev–Trinajstić information content (AvgIpc) is 2.44. The number of rotatable bonds is 5. The summed E-state index contributed by atoms with van der Waals surface area (Å²) in [7, 11) is 0. The van der Waals surface area contributed by atoms with E-state index in [9.17, 15) is 23.7 Å². The molecule has 1 heterocycles. The summed E-state index contributed by atoms with van der Waals surface area (Å²) in [5.41, 5.74) is 0.472. The van der Waals surface area contributed by atoms with Gasteiger partial charge in [-0.25, -0.2) is 8.78 Å². The van der Waals surface area contributed by atoms with Gasteiger partial charge in [0.25, 0.3) is 11.6 Å². The van der Waals surface area contributed by atoms with Gasteiger partial charge < -0.3 is 15.7 Å². The molecule has 0 spiro atoms. The molecule has 114 valence electrons. The number of hydrogen-bond donors (Lipinski definition) is 3. The van der Waals surface area contributed by atoms with E-state index in [0.717, 1.165) is 0 Å². The minimum Gasteiger partial charge on any atom is -0.390 e. The summed E-state index contributed by atoms with van der Waals surface area (Å²) in [5, 5.41) is 24.3. The highest BCUT2D eigenvalue weighted by Gasteiger charge is 2.29. The van der Waals surface area contributed by atoms with Crippen LogP contribution in [0.2, 0.25) is 0 Å². The molecule has 0 atom stereocenters. The number of nitrogens with one attached hydrogen (secondary N) is 2. The second-order valence-corrected chi connectivity index (χ2v) is 4.70. The largest absolute Gasteiger partial charge is 0.390 e. The fourth-order valence-corrected chi connectivity index (χ4v) is 1.99. The number of aryl methyl sites for hydroxylation is 1. The van der Waals surface area contributed by atoms with Crippen molar-refractivity contribution in [3.8, 4) is 0 Å². The maximum absolute atomic E-state index is 13.0. The van der Waals surface area contributed by atoms with E-state index in [-0.39, 0.29) is 23.7 Å². The summed E-state index contributed by atoms with van der Waals surface area (Å²) in [5.74, 6) is -3.63. The van der Waals surface area contributed by atoms with Crippen LogP contribution in [-0.2, 0) is 11.2 Å². The third-order valence-electron chi connectivity index (χ3n) is 3.08. The Balaban J connectivity index is 2.32. The molecule has 7 nitrogen and oxygen atoms in total. The van der Waals surface area contributed by atoms with Gasteiger partial charge in [-0.05, 0) is 18.1 Å². The third kappa shape index (κ3) is 3.43. The first-order valence-corrected chi connectivity index (χ1v) is 6.16. The van der Waals surface area contributed by atoms with Gasteiger partial charge in [0.15, 0.2) is 0 Å². The first-order chi connectivity index (χ1) is 9.82. The average molecular weight is 301 g/mol. The normalized spacial score (nSPS) is 14.3. The van der Waals surface area contributed by atoms with Gasteiger partial charge >= 0.3 is 0 Å². The number of amides is 1. The van der Waals surface area contributed by atoms with E-state index in [0.29, 0.717) is 17.7 Å². The molecule has 0 aromatic heterocycles. The molecule has 9 heteroatoms. The molecule has 1 aliphatic rings. The standard InChI is InChI=1S/C12H13F2N3O4/c13-12(14,6-18)5-15-9-4-8-7(1-2-11(19)16-8)3-10(9)17(20)21/h3-4,15,18H,1-2,5-6H2,(H,16,19). The summed E-state index contributed by atoms with van der Waals surface area (Å²) in [6, 6.07) is 2.52. The molecule has 0 unspecified atom stereocenters. The molecule has 1 aromatic carbocycles. The Morgan fingerprint density at radius 2 is 2.14 bits per heavy atom. The predicted molar refractivity (Wildman–Crippen MR) is 70.6 cm³/mol. The van der Waals surface area contributed by atoms with Crippen LogP contribution < -0.4 is 10.6 Å². The van der Waals surface area contributed by atoms with E-state index < -0.39 is 24.0 Å². The summed E-state index contributed by atoms with van der Waals surface area (Å²) in [4.78, 5) is 21.6. The number of nitro groups is 1. The van der Waals surface area contributed by atoms with Gasteiger partial charge in [0.2, 0.25) is 5.91 Å². The molecule has 2 rings (SSSR count). The molecule has 3 N–H and O–H groups in total. The van der Waals surface area contributed by atoms with Crippen molar-refractivity contribution in [3.63, 3.8) is 0 Å². The number of aliphatic hydroxyl groups excluding tert-OH is 1. The number of aliphatic hydroxyl groups is 1. The molecule has 0 fully saturated rings. The fourth-order valence-electron chi connectivity index (χ4n) is 1.99. The first kappa shape index (κ1) is 15.1. The van der Waals surface area contributed by atoms with Crippen molar-refractivity contribution >= 4 is 23.0 Å². The van der Waals surface area contributed by atoms with Crippen molar-refractivity contribution in [2.45, 2.75) is 18.8 Å². The molecule has 1 amide bonds. The highest BCUT2D eigenvalue weighted by atomic mass is 19.3. The Hall–Kier alpha value is -2.29. The monoisotopic (exact) mass is 301 g/mol. The third-order valence-corrected chi connectivity index (χ3v) is 3.08. The second kappa shape index (κ2) is 5.60. The van der Waals surface area contributed by atoms with Gasteiger partial charge in [-0.1, -0.05) is 0 Å². The van der Waals surface area contributed by atoms with E-state index in [1.165, 1.54) is 12.1 Å². The second-order valence-electron chi connectivity index (χ2n) is 4.70. The van der Waals surface area contributed by atoms with E-state index in [1.807, 2.05) is 0 Å². The quantitative estimate of drug-likeness (QED) is 0.565. The fraction of sp³-hybridized carbons (Fsp3) is 0.417. The molecular formula is C12H13F2N3O4. The van der Waals surface area contributed by atoms with Gasteiger partial charge in [-0.2, -0.15) is 0 Å². The first-order valence-electron chi connectivity index (χ1n) is 6.16. The number of halogens is 2. The lowest BCUT2D eigenvalue weighted by molar-refractivity contribution is -0.384. The Bertz CT molecular complexity index is 592. The number of anilines is 2. The van der Waals surface area contributed by atoms with Gasteiger partial charge in [0, 0.05) is 18.2 Å². The number of nitro benzene ring substituents is 1. The number of nitrogens with zero attached hydrogens (tertiary/aromatic N) is 1. The lowest BCUT2D eigenvalue weighted by atomic mass is 10.0. The Morgan fingerprint density at radius 1 is 1.43 bits per heavy atom. The minimum absolute atomic E-state index is 0.130. The van der Waals surface area contributed by atoms with Gasteiger partial charge in [0.1, 0.15) is 12.3 Å². The van der Waals surface area contributed by atoms with E-state index in [2.05, 4.69) is 10.6 Å². The van der Waals surface area contributed by atoms with Crippen molar-refractivity contribution < 1.29 is 23.6 Å². The summed E-state index contributed by atoms with van der Waals surface area (Å²) < 4.78 is 26.0. The minimum atomic E-state index is -3.40. The van der Waals surface area contributed by atoms with Crippen LogP contribution in [0.15, 0.2) is 12.1 Å². The zero-order valence-corrected chi connectivity index (χ0v) is 10.9. The zero-order valence-electron chi connectivity index (χ0n) is 10.9. The lowest BCUT2D eigenvalue weighted by Gasteiger charge is -2.19.